The summed E-state index contributed by atoms with van der Waals surface area (Å²) >= 11 is 1.60. The van der Waals surface area contributed by atoms with E-state index in [0.717, 1.165) is 43.2 Å². The van der Waals surface area contributed by atoms with Crippen molar-refractivity contribution in [3.8, 4) is 0 Å². The first kappa shape index (κ1) is 18.1. The van der Waals surface area contributed by atoms with Crippen molar-refractivity contribution in [2.24, 2.45) is 5.92 Å². The second kappa shape index (κ2) is 8.11. The van der Waals surface area contributed by atoms with Gasteiger partial charge in [0.05, 0.1) is 5.69 Å². The fourth-order valence-electron chi connectivity index (χ4n) is 3.31. The zero-order valence-corrected chi connectivity index (χ0v) is 16.1. The molecular weight excluding hydrogens is 330 g/mol. The molecule has 3 rings (SSSR count). The van der Waals surface area contributed by atoms with Crippen molar-refractivity contribution in [3.63, 3.8) is 0 Å². The summed E-state index contributed by atoms with van der Waals surface area (Å²) in [5.74, 6) is 0.236. The number of amides is 1. The molecule has 2 aromatic rings. The lowest BCUT2D eigenvalue weighted by atomic mass is 9.95. The lowest BCUT2D eigenvalue weighted by molar-refractivity contribution is -0.121. The third kappa shape index (κ3) is 4.67. The summed E-state index contributed by atoms with van der Waals surface area (Å²) in [5, 5.41) is 3.79. The van der Waals surface area contributed by atoms with Crippen molar-refractivity contribution >= 4 is 22.4 Å². The van der Waals surface area contributed by atoms with E-state index in [1.807, 2.05) is 13.0 Å². The van der Waals surface area contributed by atoms with Crippen molar-refractivity contribution in [1.29, 1.82) is 0 Å². The van der Waals surface area contributed by atoms with Crippen LogP contribution in [0.4, 0.5) is 5.13 Å². The fraction of sp³-hybridized carbons (Fsp3) is 0.500. The second-order valence-corrected chi connectivity index (χ2v) is 8.17. The molecule has 0 aliphatic carbocycles. The van der Waals surface area contributed by atoms with Gasteiger partial charge in [-0.15, -0.1) is 11.3 Å². The number of nitrogens with one attached hydrogen (secondary N) is 1. The molecular formula is C20H27N3OS. The van der Waals surface area contributed by atoms with E-state index in [9.17, 15) is 4.79 Å². The number of anilines is 1. The summed E-state index contributed by atoms with van der Waals surface area (Å²) in [6.45, 7) is 8.46. The normalized spacial score (nSPS) is 16.3. The highest BCUT2D eigenvalue weighted by Gasteiger charge is 2.26. The minimum absolute atomic E-state index is 0.108. The maximum Gasteiger partial charge on any atom is 0.229 e. The molecule has 0 unspecified atom stereocenters. The van der Waals surface area contributed by atoms with Gasteiger partial charge in [0, 0.05) is 23.3 Å². The number of aryl methyl sites for hydroxylation is 1. The number of nitrogens with zero attached hydrogens (tertiary/aromatic N) is 2. The largest absolute Gasteiger partial charge is 0.302 e. The SMILES string of the molecule is Cc1nc(NC(=O)C2CCN(C(C)C)CC2)sc1Cc1ccccc1. The van der Waals surface area contributed by atoms with Crippen LogP contribution in [-0.4, -0.2) is 34.9 Å². The van der Waals surface area contributed by atoms with Gasteiger partial charge in [-0.3, -0.25) is 4.79 Å². The number of thiazole rings is 1. The van der Waals surface area contributed by atoms with Crippen LogP contribution in [-0.2, 0) is 11.2 Å². The molecule has 5 heteroatoms. The molecule has 1 fully saturated rings. The molecule has 0 radical (unpaired) electrons. The van der Waals surface area contributed by atoms with Gasteiger partial charge in [-0.25, -0.2) is 4.98 Å². The van der Waals surface area contributed by atoms with E-state index in [1.165, 1.54) is 10.4 Å². The van der Waals surface area contributed by atoms with Crippen LogP contribution < -0.4 is 5.32 Å². The van der Waals surface area contributed by atoms with Gasteiger partial charge in [0.15, 0.2) is 5.13 Å². The fourth-order valence-corrected chi connectivity index (χ4v) is 4.31. The Morgan fingerprint density at radius 1 is 1.28 bits per heavy atom. The van der Waals surface area contributed by atoms with E-state index in [0.29, 0.717) is 6.04 Å². The van der Waals surface area contributed by atoms with Gasteiger partial charge in [0.2, 0.25) is 5.91 Å². The van der Waals surface area contributed by atoms with Crippen LogP contribution in [0.1, 0.15) is 42.8 Å². The van der Waals surface area contributed by atoms with Crippen molar-refractivity contribution in [1.82, 2.24) is 9.88 Å². The summed E-state index contributed by atoms with van der Waals surface area (Å²) in [6.07, 6.45) is 2.74. The number of benzene rings is 1. The zero-order valence-electron chi connectivity index (χ0n) is 15.3. The number of rotatable bonds is 5. The standard InChI is InChI=1S/C20H27N3OS/c1-14(2)23-11-9-17(10-12-23)19(24)22-20-21-15(3)18(25-20)13-16-7-5-4-6-8-16/h4-8,14,17H,9-13H2,1-3H3,(H,21,22,24). The first-order valence-corrected chi connectivity index (χ1v) is 9.89. The molecule has 134 valence electrons. The summed E-state index contributed by atoms with van der Waals surface area (Å²) in [4.78, 5) is 20.8. The maximum atomic E-state index is 12.6. The highest BCUT2D eigenvalue weighted by molar-refractivity contribution is 7.15. The van der Waals surface area contributed by atoms with Crippen LogP contribution in [0.2, 0.25) is 0 Å². The third-order valence-corrected chi connectivity index (χ3v) is 6.03. The number of aromatic nitrogens is 1. The Labute approximate surface area is 154 Å². The summed E-state index contributed by atoms with van der Waals surface area (Å²) in [7, 11) is 0. The number of hydrogen-bond donors (Lipinski definition) is 1. The molecule has 1 N–H and O–H groups in total. The van der Waals surface area contributed by atoms with Gasteiger partial charge >= 0.3 is 0 Å². The third-order valence-electron chi connectivity index (χ3n) is 4.96. The predicted octanol–water partition coefficient (Wildman–Crippen LogP) is 4.10. The Kier molecular flexibility index (Phi) is 5.86. The first-order chi connectivity index (χ1) is 12.0. The molecule has 1 aliphatic heterocycles. The minimum atomic E-state index is 0.108. The van der Waals surface area contributed by atoms with Gasteiger partial charge in [-0.05, 0) is 52.3 Å². The molecule has 1 aliphatic rings. The molecule has 0 saturated carbocycles. The quantitative estimate of drug-likeness (QED) is 0.876. The molecule has 0 bridgehead atoms. The molecule has 4 nitrogen and oxygen atoms in total. The highest BCUT2D eigenvalue weighted by atomic mass is 32.1. The summed E-state index contributed by atoms with van der Waals surface area (Å²) in [5.41, 5.74) is 2.28. The molecule has 0 spiro atoms. The number of carbonyl (C=O) groups is 1. The van der Waals surface area contributed by atoms with Crippen molar-refractivity contribution < 1.29 is 4.79 Å². The predicted molar refractivity (Wildman–Crippen MR) is 104 cm³/mol. The van der Waals surface area contributed by atoms with Crippen LogP contribution >= 0.6 is 11.3 Å². The Hall–Kier alpha value is -1.72. The van der Waals surface area contributed by atoms with Crippen LogP contribution in [0, 0.1) is 12.8 Å². The van der Waals surface area contributed by atoms with Crippen molar-refractivity contribution in [2.45, 2.75) is 46.1 Å². The Morgan fingerprint density at radius 2 is 1.96 bits per heavy atom. The molecule has 25 heavy (non-hydrogen) atoms. The highest BCUT2D eigenvalue weighted by Crippen LogP contribution is 2.27. The van der Waals surface area contributed by atoms with Crippen molar-refractivity contribution in [2.75, 3.05) is 18.4 Å². The smallest absolute Gasteiger partial charge is 0.229 e. The Balaban J connectivity index is 1.58. The van der Waals surface area contributed by atoms with Gasteiger partial charge in [0.25, 0.3) is 0 Å². The average molecular weight is 358 g/mol. The van der Waals surface area contributed by atoms with Crippen LogP contribution in [0.25, 0.3) is 0 Å². The van der Waals surface area contributed by atoms with Gasteiger partial charge < -0.3 is 10.2 Å². The lowest BCUT2D eigenvalue weighted by Gasteiger charge is -2.33. The van der Waals surface area contributed by atoms with E-state index in [4.69, 9.17) is 0 Å². The van der Waals surface area contributed by atoms with E-state index in [-0.39, 0.29) is 11.8 Å². The minimum Gasteiger partial charge on any atom is -0.302 e. The van der Waals surface area contributed by atoms with E-state index >= 15 is 0 Å². The molecule has 1 amide bonds. The Morgan fingerprint density at radius 3 is 2.60 bits per heavy atom. The zero-order chi connectivity index (χ0) is 17.8. The molecule has 1 aromatic heterocycles. The van der Waals surface area contributed by atoms with Crippen molar-refractivity contribution in [3.05, 3.63) is 46.5 Å². The van der Waals surface area contributed by atoms with Crippen LogP contribution in [0.5, 0.6) is 0 Å². The molecule has 1 aromatic carbocycles. The van der Waals surface area contributed by atoms with Gasteiger partial charge in [-0.2, -0.15) is 0 Å². The monoisotopic (exact) mass is 357 g/mol. The number of likely N-dealkylation sites (tertiary alicyclic amines) is 1. The first-order valence-electron chi connectivity index (χ1n) is 9.08. The second-order valence-electron chi connectivity index (χ2n) is 7.08. The van der Waals surface area contributed by atoms with Gasteiger partial charge in [0.1, 0.15) is 0 Å². The maximum absolute atomic E-state index is 12.6. The lowest BCUT2D eigenvalue weighted by Crippen LogP contribution is -2.41. The Bertz CT molecular complexity index is 703. The summed E-state index contributed by atoms with van der Waals surface area (Å²) in [6, 6.07) is 10.9. The molecule has 2 heterocycles. The topological polar surface area (TPSA) is 45.2 Å². The summed E-state index contributed by atoms with van der Waals surface area (Å²) < 4.78 is 0. The number of piperidine rings is 1. The van der Waals surface area contributed by atoms with E-state index in [1.54, 1.807) is 11.3 Å². The van der Waals surface area contributed by atoms with E-state index < -0.39 is 0 Å². The number of carbonyl (C=O) groups excluding carboxylic acids is 1. The average Bonchev–Trinajstić information content (AvgIpc) is 2.95. The van der Waals surface area contributed by atoms with Crippen LogP contribution in [0.3, 0.4) is 0 Å². The molecule has 1 saturated heterocycles. The van der Waals surface area contributed by atoms with Crippen LogP contribution in [0.15, 0.2) is 30.3 Å². The van der Waals surface area contributed by atoms with E-state index in [2.05, 4.69) is 53.3 Å². The number of hydrogen-bond acceptors (Lipinski definition) is 4. The molecule has 0 atom stereocenters. The van der Waals surface area contributed by atoms with Gasteiger partial charge in [-0.1, -0.05) is 30.3 Å².